The lowest BCUT2D eigenvalue weighted by Crippen LogP contribution is -2.52. The Morgan fingerprint density at radius 2 is 1.91 bits per heavy atom. The highest BCUT2D eigenvalue weighted by molar-refractivity contribution is 6.33. The normalized spacial score (nSPS) is 18.8. The van der Waals surface area contributed by atoms with Crippen molar-refractivity contribution < 1.29 is 13.9 Å². The van der Waals surface area contributed by atoms with Gasteiger partial charge in [0.25, 0.3) is 5.91 Å². The summed E-state index contributed by atoms with van der Waals surface area (Å²) in [5, 5.41) is 20.0. The molecule has 1 atom stereocenters. The van der Waals surface area contributed by atoms with Gasteiger partial charge in [0, 0.05) is 33.3 Å². The Kier molecular flexibility index (Phi) is 6.54. The lowest BCUT2D eigenvalue weighted by atomic mass is 9.75. The monoisotopic (exact) mass is 481 g/mol. The van der Waals surface area contributed by atoms with Crippen LogP contribution in [0.15, 0.2) is 36.4 Å². The Morgan fingerprint density at radius 3 is 2.50 bits per heavy atom. The van der Waals surface area contributed by atoms with Crippen molar-refractivity contribution in [3.63, 3.8) is 0 Å². The minimum atomic E-state index is -0.838. The fraction of sp³-hybridized carbons (Fsp3) is 0.400. The molecule has 9 heteroatoms. The first-order valence-corrected chi connectivity index (χ1v) is 11.4. The summed E-state index contributed by atoms with van der Waals surface area (Å²) in [6.45, 7) is 0.919. The van der Waals surface area contributed by atoms with Crippen molar-refractivity contribution in [3.05, 3.63) is 52.8 Å². The molecule has 2 aliphatic heterocycles. The molecular formula is C25H25ClFN5O2. The number of benzene rings is 2. The van der Waals surface area contributed by atoms with Crippen LogP contribution in [0.2, 0.25) is 5.02 Å². The first-order valence-electron chi connectivity index (χ1n) is 11.0. The van der Waals surface area contributed by atoms with Gasteiger partial charge in [-0.1, -0.05) is 23.7 Å². The third-order valence-corrected chi connectivity index (χ3v) is 6.84. The van der Waals surface area contributed by atoms with E-state index in [9.17, 15) is 19.7 Å². The van der Waals surface area contributed by atoms with E-state index in [4.69, 9.17) is 16.3 Å². The van der Waals surface area contributed by atoms with Crippen LogP contribution in [0.1, 0.15) is 18.4 Å². The maximum atomic E-state index is 13.3. The molecule has 0 bridgehead atoms. The number of nitrogens with zero attached hydrogens (tertiary/aromatic N) is 5. The molecule has 0 N–H and O–H groups in total. The lowest BCUT2D eigenvalue weighted by Gasteiger charge is -2.40. The van der Waals surface area contributed by atoms with Gasteiger partial charge in [0.2, 0.25) is 0 Å². The quantitative estimate of drug-likeness (QED) is 0.614. The third kappa shape index (κ3) is 4.60. The van der Waals surface area contributed by atoms with Gasteiger partial charge in [-0.15, -0.1) is 0 Å². The maximum Gasteiger partial charge on any atom is 0.265 e. The summed E-state index contributed by atoms with van der Waals surface area (Å²) in [6.07, 6.45) is 2.81. The molecule has 176 valence electrons. The number of piperidine rings is 1. The number of ether oxygens (including phenoxy) is 1. The van der Waals surface area contributed by atoms with Gasteiger partial charge in [0.1, 0.15) is 11.6 Å². The van der Waals surface area contributed by atoms with Gasteiger partial charge in [-0.2, -0.15) is 10.5 Å². The molecule has 7 nitrogen and oxygen atoms in total. The summed E-state index contributed by atoms with van der Waals surface area (Å²) in [5.41, 5.74) is 1.55. The highest BCUT2D eigenvalue weighted by Gasteiger charge is 2.40. The standard InChI is InChI=1S/C25H25ClFN5O2/c1-30(2)20-12-22-21(11-19(20)26)32(16-29)14-23(34-22)24(33)31-9-7-25(15-28,8-10-31)13-17-3-5-18(27)6-4-17/h3-6,11-12,23H,7-10,13-14H2,1-2H3. The molecule has 0 saturated carbocycles. The number of fused-ring (bicyclic) bond motifs is 1. The van der Waals surface area contributed by atoms with Crippen molar-refractivity contribution in [2.24, 2.45) is 5.41 Å². The lowest BCUT2D eigenvalue weighted by molar-refractivity contribution is -0.140. The van der Waals surface area contributed by atoms with Crippen LogP contribution in [0.5, 0.6) is 5.75 Å². The van der Waals surface area contributed by atoms with E-state index in [0.717, 1.165) is 11.3 Å². The first-order chi connectivity index (χ1) is 16.2. The van der Waals surface area contributed by atoms with Gasteiger partial charge in [0.05, 0.1) is 34.4 Å². The van der Waals surface area contributed by atoms with E-state index in [1.807, 2.05) is 19.0 Å². The number of nitriles is 2. The average molecular weight is 482 g/mol. The van der Waals surface area contributed by atoms with Crippen LogP contribution in [0.25, 0.3) is 0 Å². The zero-order chi connectivity index (χ0) is 24.5. The van der Waals surface area contributed by atoms with E-state index in [-0.39, 0.29) is 18.3 Å². The van der Waals surface area contributed by atoms with Crippen LogP contribution in [0.4, 0.5) is 15.8 Å². The number of amides is 1. The number of carbonyl (C=O) groups is 1. The largest absolute Gasteiger partial charge is 0.476 e. The number of hydrogen-bond donors (Lipinski definition) is 0. The molecule has 0 aromatic heterocycles. The van der Waals surface area contributed by atoms with E-state index in [1.165, 1.54) is 17.0 Å². The summed E-state index contributed by atoms with van der Waals surface area (Å²) in [7, 11) is 3.70. The summed E-state index contributed by atoms with van der Waals surface area (Å²) < 4.78 is 19.3. The highest BCUT2D eigenvalue weighted by atomic mass is 35.5. The molecule has 0 radical (unpaired) electrons. The van der Waals surface area contributed by atoms with Crippen molar-refractivity contribution in [1.82, 2.24) is 4.90 Å². The van der Waals surface area contributed by atoms with Crippen LogP contribution in [-0.4, -0.2) is 50.6 Å². The van der Waals surface area contributed by atoms with Crippen LogP contribution < -0.4 is 14.5 Å². The molecule has 2 heterocycles. The molecule has 2 aliphatic rings. The maximum absolute atomic E-state index is 13.3. The minimum Gasteiger partial charge on any atom is -0.476 e. The van der Waals surface area contributed by atoms with E-state index in [0.29, 0.717) is 48.8 Å². The number of carbonyl (C=O) groups excluding carboxylic acids is 1. The van der Waals surface area contributed by atoms with Gasteiger partial charge in [0.15, 0.2) is 12.3 Å². The Bertz CT molecular complexity index is 1160. The third-order valence-electron chi connectivity index (χ3n) is 6.54. The zero-order valence-electron chi connectivity index (χ0n) is 19.1. The van der Waals surface area contributed by atoms with Crippen molar-refractivity contribution in [1.29, 1.82) is 10.5 Å². The number of likely N-dealkylation sites (tertiary alicyclic amines) is 1. The molecule has 4 rings (SSSR count). The Balaban J connectivity index is 1.47. The van der Waals surface area contributed by atoms with E-state index < -0.39 is 11.5 Å². The smallest absolute Gasteiger partial charge is 0.265 e. The number of halogens is 2. The Hall–Kier alpha value is -3.49. The SMILES string of the molecule is CN(C)c1cc2c(cc1Cl)N(C#N)CC(C(=O)N1CCC(C#N)(Cc3ccc(F)cc3)CC1)O2. The van der Waals surface area contributed by atoms with Crippen LogP contribution in [-0.2, 0) is 11.2 Å². The number of hydrogen-bond acceptors (Lipinski definition) is 6. The van der Waals surface area contributed by atoms with Gasteiger partial charge in [-0.3, -0.25) is 9.69 Å². The summed E-state index contributed by atoms with van der Waals surface area (Å²) in [5.74, 6) is -0.0878. The second-order valence-corrected chi connectivity index (χ2v) is 9.41. The summed E-state index contributed by atoms with van der Waals surface area (Å²) in [4.78, 5) is 18.3. The van der Waals surface area contributed by atoms with Gasteiger partial charge >= 0.3 is 0 Å². The molecule has 34 heavy (non-hydrogen) atoms. The molecule has 1 amide bonds. The number of rotatable bonds is 4. The van der Waals surface area contributed by atoms with Crippen LogP contribution >= 0.6 is 11.6 Å². The van der Waals surface area contributed by atoms with Crippen LogP contribution in [0.3, 0.4) is 0 Å². The van der Waals surface area contributed by atoms with Crippen molar-refractivity contribution in [2.45, 2.75) is 25.4 Å². The molecule has 1 unspecified atom stereocenters. The fourth-order valence-corrected chi connectivity index (χ4v) is 4.86. The van der Waals surface area contributed by atoms with Crippen molar-refractivity contribution >= 4 is 28.9 Å². The van der Waals surface area contributed by atoms with Crippen molar-refractivity contribution in [2.75, 3.05) is 43.5 Å². The predicted molar refractivity (Wildman–Crippen MR) is 127 cm³/mol. The topological polar surface area (TPSA) is 83.6 Å². The molecule has 0 aliphatic carbocycles. The molecule has 1 fully saturated rings. The van der Waals surface area contributed by atoms with Gasteiger partial charge in [-0.05, 0) is 43.0 Å². The van der Waals surface area contributed by atoms with Gasteiger partial charge < -0.3 is 14.5 Å². The number of anilines is 2. The zero-order valence-corrected chi connectivity index (χ0v) is 19.8. The first kappa shape index (κ1) is 23.7. The van der Waals surface area contributed by atoms with Gasteiger partial charge in [-0.25, -0.2) is 4.39 Å². The Labute approximate surface area is 203 Å². The molecule has 1 saturated heterocycles. The predicted octanol–water partition coefficient (Wildman–Crippen LogP) is 3.97. The van der Waals surface area contributed by atoms with E-state index >= 15 is 0 Å². The molecular weight excluding hydrogens is 457 g/mol. The second-order valence-electron chi connectivity index (χ2n) is 9.00. The average Bonchev–Trinajstić information content (AvgIpc) is 2.84. The highest BCUT2D eigenvalue weighted by Crippen LogP contribution is 2.41. The van der Waals surface area contributed by atoms with Crippen LogP contribution in [0, 0.1) is 34.0 Å². The Morgan fingerprint density at radius 1 is 1.24 bits per heavy atom. The second kappa shape index (κ2) is 9.40. The van der Waals surface area contributed by atoms with E-state index in [2.05, 4.69) is 12.3 Å². The minimum absolute atomic E-state index is 0.0927. The summed E-state index contributed by atoms with van der Waals surface area (Å²) >= 11 is 6.35. The fourth-order valence-electron chi connectivity index (χ4n) is 4.54. The van der Waals surface area contributed by atoms with E-state index in [1.54, 1.807) is 29.2 Å². The molecule has 0 spiro atoms. The molecule has 2 aromatic rings. The van der Waals surface area contributed by atoms with Crippen molar-refractivity contribution in [3.8, 4) is 18.0 Å². The molecule has 2 aromatic carbocycles. The summed E-state index contributed by atoms with van der Waals surface area (Å²) in [6, 6.07) is 12.0.